The molecule has 1 aliphatic rings. The minimum Gasteiger partial charge on any atom is -0.351 e. The van der Waals surface area contributed by atoms with E-state index < -0.39 is 0 Å². The Hall–Kier alpha value is -2.08. The summed E-state index contributed by atoms with van der Waals surface area (Å²) in [6.07, 6.45) is 3.83. The van der Waals surface area contributed by atoms with Gasteiger partial charge in [-0.05, 0) is 31.9 Å². The molecule has 23 heavy (non-hydrogen) atoms. The van der Waals surface area contributed by atoms with Gasteiger partial charge in [-0.1, -0.05) is 23.4 Å². The number of aromatic nitrogens is 3. The largest absolute Gasteiger partial charge is 0.351 e. The number of carbonyl (C=O) groups excluding carboxylic acids is 1. The number of hydrogen-bond acceptors (Lipinski definition) is 4. The lowest BCUT2D eigenvalue weighted by Crippen LogP contribution is -2.29. The van der Waals surface area contributed by atoms with E-state index in [9.17, 15) is 4.79 Å². The second-order valence-corrected chi connectivity index (χ2v) is 6.92. The third-order valence-electron chi connectivity index (χ3n) is 4.29. The Morgan fingerprint density at radius 2 is 2.13 bits per heavy atom. The van der Waals surface area contributed by atoms with Crippen LogP contribution in [0, 0.1) is 6.92 Å². The molecule has 1 aliphatic heterocycles. The number of benzene rings is 1. The molecule has 1 aromatic carbocycles. The fourth-order valence-electron chi connectivity index (χ4n) is 3.08. The second-order valence-electron chi connectivity index (χ2n) is 5.95. The Morgan fingerprint density at radius 3 is 2.96 bits per heavy atom. The maximum Gasteiger partial charge on any atom is 0.232 e. The van der Waals surface area contributed by atoms with Gasteiger partial charge in [-0.15, -0.1) is 0 Å². The van der Waals surface area contributed by atoms with Crippen LogP contribution in [0.25, 0.3) is 21.9 Å². The average molecular weight is 326 g/mol. The number of hydrogen-bond donors (Lipinski definition) is 1. The van der Waals surface area contributed by atoms with E-state index in [1.165, 1.54) is 17.3 Å². The first-order chi connectivity index (χ1) is 11.2. The summed E-state index contributed by atoms with van der Waals surface area (Å²) in [5.41, 5.74) is 4.11. The van der Waals surface area contributed by atoms with Crippen molar-refractivity contribution in [3.8, 4) is 0 Å². The molecule has 1 saturated heterocycles. The molecule has 118 valence electrons. The van der Waals surface area contributed by atoms with Crippen LogP contribution in [-0.4, -0.2) is 44.6 Å². The van der Waals surface area contributed by atoms with Gasteiger partial charge in [0.25, 0.3) is 0 Å². The van der Waals surface area contributed by atoms with Crippen molar-refractivity contribution in [1.82, 2.24) is 19.9 Å². The van der Waals surface area contributed by atoms with Gasteiger partial charge in [-0.3, -0.25) is 4.79 Å². The first-order valence-electron chi connectivity index (χ1n) is 7.86. The molecule has 0 unspecified atom stereocenters. The first kappa shape index (κ1) is 14.5. The fourth-order valence-corrected chi connectivity index (χ4v) is 3.94. The van der Waals surface area contributed by atoms with Crippen molar-refractivity contribution < 1.29 is 4.79 Å². The van der Waals surface area contributed by atoms with E-state index in [-0.39, 0.29) is 5.91 Å². The van der Waals surface area contributed by atoms with Crippen LogP contribution < -0.4 is 0 Å². The van der Waals surface area contributed by atoms with E-state index in [1.807, 2.05) is 4.90 Å². The van der Waals surface area contributed by atoms with Crippen molar-refractivity contribution in [3.63, 3.8) is 0 Å². The lowest BCUT2D eigenvalue weighted by Gasteiger charge is -2.14. The smallest absolute Gasteiger partial charge is 0.232 e. The minimum atomic E-state index is 0.200. The molecule has 2 aromatic heterocycles. The molecule has 1 fully saturated rings. The monoisotopic (exact) mass is 326 g/mol. The number of rotatable bonds is 3. The van der Waals surface area contributed by atoms with Gasteiger partial charge in [0.1, 0.15) is 16.9 Å². The predicted octanol–water partition coefficient (Wildman–Crippen LogP) is 3.13. The molecular weight excluding hydrogens is 308 g/mol. The van der Waals surface area contributed by atoms with Crippen LogP contribution in [0.3, 0.4) is 0 Å². The topological polar surface area (TPSA) is 61.9 Å². The number of nitrogens with zero attached hydrogens (tertiary/aromatic N) is 3. The van der Waals surface area contributed by atoms with Gasteiger partial charge >= 0.3 is 0 Å². The van der Waals surface area contributed by atoms with Crippen molar-refractivity contribution in [2.75, 3.05) is 18.8 Å². The number of aromatic amines is 1. The summed E-state index contributed by atoms with van der Waals surface area (Å²) in [4.78, 5) is 26.4. The average Bonchev–Trinajstić information content (AvgIpc) is 3.20. The quantitative estimate of drug-likeness (QED) is 0.593. The molecule has 5 nitrogen and oxygen atoms in total. The fraction of sp³-hybridized carbons (Fsp3) is 0.353. The standard InChI is InChI=1S/C17H18N4OS/c1-11-4-5-13-12(8-11)15-16(20-13)17(19-10-18-15)23-9-14(22)21-6-2-3-7-21/h4-5,8,10,20H,2-3,6-7,9H2,1H3. The summed E-state index contributed by atoms with van der Waals surface area (Å²) >= 11 is 1.49. The van der Waals surface area contributed by atoms with Crippen LogP contribution in [0.15, 0.2) is 29.6 Å². The number of nitrogens with one attached hydrogen (secondary N) is 1. The number of aryl methyl sites for hydroxylation is 1. The lowest BCUT2D eigenvalue weighted by atomic mass is 10.2. The van der Waals surface area contributed by atoms with Gasteiger partial charge in [0, 0.05) is 24.0 Å². The highest BCUT2D eigenvalue weighted by Crippen LogP contribution is 2.30. The third kappa shape index (κ3) is 2.67. The van der Waals surface area contributed by atoms with Crippen molar-refractivity contribution >= 4 is 39.6 Å². The molecule has 0 spiro atoms. The van der Waals surface area contributed by atoms with Crippen molar-refractivity contribution in [1.29, 1.82) is 0 Å². The summed E-state index contributed by atoms with van der Waals surface area (Å²) in [6.45, 7) is 3.86. The number of H-pyrrole nitrogens is 1. The van der Waals surface area contributed by atoms with Crippen molar-refractivity contribution in [2.24, 2.45) is 0 Å². The summed E-state index contributed by atoms with van der Waals surface area (Å²) in [7, 11) is 0. The highest BCUT2D eigenvalue weighted by Gasteiger charge is 2.19. The van der Waals surface area contributed by atoms with Gasteiger partial charge in [0.05, 0.1) is 11.3 Å². The molecule has 0 radical (unpaired) electrons. The Kier molecular flexibility index (Phi) is 3.69. The van der Waals surface area contributed by atoms with Crippen LogP contribution in [-0.2, 0) is 4.79 Å². The molecule has 3 heterocycles. The Balaban J connectivity index is 1.64. The van der Waals surface area contributed by atoms with Gasteiger partial charge < -0.3 is 9.88 Å². The summed E-state index contributed by atoms with van der Waals surface area (Å²) in [5.74, 6) is 0.631. The van der Waals surface area contributed by atoms with Gasteiger partial charge in [0.15, 0.2) is 0 Å². The Bertz CT molecular complexity index is 883. The maximum absolute atomic E-state index is 12.2. The molecule has 1 N–H and O–H groups in total. The predicted molar refractivity (Wildman–Crippen MR) is 92.7 cm³/mol. The van der Waals surface area contributed by atoms with E-state index in [0.29, 0.717) is 5.75 Å². The Labute approximate surface area is 138 Å². The number of likely N-dealkylation sites (tertiary alicyclic amines) is 1. The van der Waals surface area contributed by atoms with E-state index in [2.05, 4.69) is 40.1 Å². The molecular formula is C17H18N4OS. The first-order valence-corrected chi connectivity index (χ1v) is 8.84. The highest BCUT2D eigenvalue weighted by atomic mass is 32.2. The van der Waals surface area contributed by atoms with Gasteiger partial charge in [-0.25, -0.2) is 9.97 Å². The van der Waals surface area contributed by atoms with Gasteiger partial charge in [0.2, 0.25) is 5.91 Å². The zero-order valence-corrected chi connectivity index (χ0v) is 13.8. The van der Waals surface area contributed by atoms with E-state index in [4.69, 9.17) is 0 Å². The van der Waals surface area contributed by atoms with Crippen molar-refractivity contribution in [3.05, 3.63) is 30.1 Å². The maximum atomic E-state index is 12.2. The van der Waals surface area contributed by atoms with E-state index >= 15 is 0 Å². The molecule has 0 saturated carbocycles. The van der Waals surface area contributed by atoms with Crippen LogP contribution in [0.1, 0.15) is 18.4 Å². The van der Waals surface area contributed by atoms with E-state index in [0.717, 1.165) is 52.9 Å². The SMILES string of the molecule is Cc1ccc2[nH]c3c(SCC(=O)N4CCCC4)ncnc3c2c1. The summed E-state index contributed by atoms with van der Waals surface area (Å²) < 4.78 is 0. The van der Waals surface area contributed by atoms with Crippen LogP contribution in [0.4, 0.5) is 0 Å². The molecule has 1 amide bonds. The molecule has 0 aliphatic carbocycles. The van der Waals surface area contributed by atoms with Crippen molar-refractivity contribution in [2.45, 2.75) is 24.8 Å². The van der Waals surface area contributed by atoms with Gasteiger partial charge in [-0.2, -0.15) is 0 Å². The number of fused-ring (bicyclic) bond motifs is 3. The normalized spacial score (nSPS) is 14.9. The lowest BCUT2D eigenvalue weighted by molar-refractivity contribution is -0.127. The summed E-state index contributed by atoms with van der Waals surface area (Å²) in [6, 6.07) is 6.27. The highest BCUT2D eigenvalue weighted by molar-refractivity contribution is 8.00. The van der Waals surface area contributed by atoms with Crippen LogP contribution in [0.2, 0.25) is 0 Å². The minimum absolute atomic E-state index is 0.200. The third-order valence-corrected chi connectivity index (χ3v) is 5.27. The zero-order valence-electron chi connectivity index (χ0n) is 13.0. The summed E-state index contributed by atoms with van der Waals surface area (Å²) in [5, 5.41) is 1.95. The van der Waals surface area contributed by atoms with Crippen LogP contribution in [0.5, 0.6) is 0 Å². The number of carbonyl (C=O) groups is 1. The molecule has 4 rings (SSSR count). The Morgan fingerprint density at radius 1 is 1.30 bits per heavy atom. The number of thioether (sulfide) groups is 1. The molecule has 6 heteroatoms. The van der Waals surface area contributed by atoms with Crippen LogP contribution >= 0.6 is 11.8 Å². The van der Waals surface area contributed by atoms with E-state index in [1.54, 1.807) is 6.33 Å². The zero-order chi connectivity index (χ0) is 15.8. The molecule has 0 bridgehead atoms. The molecule has 3 aromatic rings. The molecule has 0 atom stereocenters. The second kappa shape index (κ2) is 5.85. The number of amides is 1.